The van der Waals surface area contributed by atoms with E-state index in [0.717, 1.165) is 39.0 Å². The van der Waals surface area contributed by atoms with E-state index in [9.17, 15) is 4.39 Å². The molecule has 0 bridgehead atoms. The van der Waals surface area contributed by atoms with Crippen molar-refractivity contribution in [1.82, 2.24) is 19.9 Å². The van der Waals surface area contributed by atoms with Crippen LogP contribution in [0.15, 0.2) is 55.2 Å². The molecule has 112 valence electrons. The molecule has 23 heavy (non-hydrogen) atoms. The maximum atomic E-state index is 13.6. The van der Waals surface area contributed by atoms with Crippen molar-refractivity contribution in [2.24, 2.45) is 0 Å². The number of aromatic amines is 1. The lowest BCUT2D eigenvalue weighted by Gasteiger charge is -2.08. The molecule has 0 spiro atoms. The normalized spacial score (nSPS) is 11.0. The fourth-order valence-electron chi connectivity index (χ4n) is 2.81. The molecule has 4 rings (SSSR count). The van der Waals surface area contributed by atoms with Crippen LogP contribution in [0.4, 0.5) is 4.39 Å². The fourth-order valence-corrected chi connectivity index (χ4v) is 2.81. The highest BCUT2D eigenvalue weighted by Gasteiger charge is 2.14. The zero-order valence-corrected chi connectivity index (χ0v) is 12.4. The number of hydrogen-bond acceptors (Lipinski definition) is 3. The summed E-state index contributed by atoms with van der Waals surface area (Å²) >= 11 is 0. The molecular formula is C18H13FN4. The summed E-state index contributed by atoms with van der Waals surface area (Å²) in [7, 11) is 0. The van der Waals surface area contributed by atoms with Gasteiger partial charge in [0.25, 0.3) is 0 Å². The molecular weight excluding hydrogens is 291 g/mol. The van der Waals surface area contributed by atoms with Gasteiger partial charge in [0.1, 0.15) is 11.5 Å². The molecule has 5 heteroatoms. The summed E-state index contributed by atoms with van der Waals surface area (Å²) in [5.41, 5.74) is 5.32. The third-order valence-electron chi connectivity index (χ3n) is 3.78. The average molecular weight is 304 g/mol. The van der Waals surface area contributed by atoms with Crippen LogP contribution in [0.25, 0.3) is 33.3 Å². The number of fused-ring (bicyclic) bond motifs is 1. The lowest BCUT2D eigenvalue weighted by atomic mass is 9.98. The molecule has 0 aliphatic carbocycles. The molecule has 0 atom stereocenters. The third-order valence-corrected chi connectivity index (χ3v) is 3.78. The molecule has 4 nitrogen and oxygen atoms in total. The van der Waals surface area contributed by atoms with Gasteiger partial charge < -0.3 is 4.98 Å². The average Bonchev–Trinajstić information content (AvgIpc) is 2.98. The summed E-state index contributed by atoms with van der Waals surface area (Å²) < 4.78 is 13.6. The van der Waals surface area contributed by atoms with Crippen molar-refractivity contribution in [2.45, 2.75) is 6.92 Å². The first-order valence-electron chi connectivity index (χ1n) is 7.22. The molecule has 0 unspecified atom stereocenters. The van der Waals surface area contributed by atoms with E-state index in [1.807, 2.05) is 31.3 Å². The van der Waals surface area contributed by atoms with Crippen LogP contribution in [0.2, 0.25) is 0 Å². The van der Waals surface area contributed by atoms with Crippen molar-refractivity contribution in [2.75, 3.05) is 0 Å². The maximum Gasteiger partial charge on any atom is 0.142 e. The van der Waals surface area contributed by atoms with Gasteiger partial charge in [0.15, 0.2) is 0 Å². The van der Waals surface area contributed by atoms with E-state index in [1.54, 1.807) is 18.6 Å². The number of aryl methyl sites for hydroxylation is 1. The molecule has 0 aromatic carbocycles. The first-order valence-corrected chi connectivity index (χ1v) is 7.22. The number of halogens is 1. The number of H-pyrrole nitrogens is 1. The second-order valence-corrected chi connectivity index (χ2v) is 5.36. The van der Waals surface area contributed by atoms with Crippen LogP contribution in [-0.2, 0) is 0 Å². The van der Waals surface area contributed by atoms with Crippen LogP contribution in [0.3, 0.4) is 0 Å². The van der Waals surface area contributed by atoms with E-state index >= 15 is 0 Å². The molecule has 4 aromatic rings. The lowest BCUT2D eigenvalue weighted by molar-refractivity contribution is 0.622. The first kappa shape index (κ1) is 13.6. The van der Waals surface area contributed by atoms with Gasteiger partial charge in [-0.25, -0.2) is 9.37 Å². The summed E-state index contributed by atoms with van der Waals surface area (Å²) in [5.74, 6) is -0.355. The Morgan fingerprint density at radius 2 is 1.78 bits per heavy atom. The van der Waals surface area contributed by atoms with Crippen LogP contribution >= 0.6 is 0 Å². The Kier molecular flexibility index (Phi) is 3.12. The van der Waals surface area contributed by atoms with Gasteiger partial charge in [0.2, 0.25) is 0 Å². The predicted octanol–water partition coefficient (Wildman–Crippen LogP) is 4.13. The Labute approximate surface area is 132 Å². The monoisotopic (exact) mass is 304 g/mol. The van der Waals surface area contributed by atoms with Crippen LogP contribution in [0.1, 0.15) is 5.69 Å². The molecule has 4 heterocycles. The smallest absolute Gasteiger partial charge is 0.142 e. The third kappa shape index (κ3) is 2.36. The van der Waals surface area contributed by atoms with Gasteiger partial charge in [0.05, 0.1) is 6.20 Å². The first-order chi connectivity index (χ1) is 11.2. The number of pyridine rings is 3. The second-order valence-electron chi connectivity index (χ2n) is 5.36. The van der Waals surface area contributed by atoms with Gasteiger partial charge in [-0.15, -0.1) is 0 Å². The molecule has 0 aliphatic heterocycles. The number of rotatable bonds is 2. The van der Waals surface area contributed by atoms with Crippen molar-refractivity contribution in [3.05, 3.63) is 66.8 Å². The summed E-state index contributed by atoms with van der Waals surface area (Å²) in [6.45, 7) is 1.92. The van der Waals surface area contributed by atoms with E-state index in [-0.39, 0.29) is 5.82 Å². The number of nitrogens with one attached hydrogen (secondary N) is 1. The van der Waals surface area contributed by atoms with Crippen LogP contribution in [0, 0.1) is 12.7 Å². The molecule has 0 radical (unpaired) electrons. The highest BCUT2D eigenvalue weighted by molar-refractivity contribution is 6.04. The molecule has 1 N–H and O–H groups in total. The number of aromatic nitrogens is 4. The second kappa shape index (κ2) is 5.28. The highest BCUT2D eigenvalue weighted by atomic mass is 19.1. The Balaban J connectivity index is 2.05. The van der Waals surface area contributed by atoms with Gasteiger partial charge in [0, 0.05) is 47.0 Å². The van der Waals surface area contributed by atoms with Crippen LogP contribution < -0.4 is 0 Å². The van der Waals surface area contributed by atoms with E-state index in [1.165, 1.54) is 12.3 Å². The summed E-state index contributed by atoms with van der Waals surface area (Å²) in [4.78, 5) is 15.8. The largest absolute Gasteiger partial charge is 0.345 e. The predicted molar refractivity (Wildman–Crippen MR) is 87.3 cm³/mol. The Morgan fingerprint density at radius 3 is 2.57 bits per heavy atom. The summed E-state index contributed by atoms with van der Waals surface area (Å²) in [6, 6.07) is 7.33. The highest BCUT2D eigenvalue weighted by Crippen LogP contribution is 2.35. The van der Waals surface area contributed by atoms with Gasteiger partial charge in [-0.05, 0) is 42.3 Å². The zero-order valence-electron chi connectivity index (χ0n) is 12.4. The maximum absolute atomic E-state index is 13.6. The minimum atomic E-state index is -0.355. The van der Waals surface area contributed by atoms with E-state index < -0.39 is 0 Å². The van der Waals surface area contributed by atoms with Crippen molar-refractivity contribution in [3.8, 4) is 22.3 Å². The Hall–Kier alpha value is -3.08. The number of hydrogen-bond donors (Lipinski definition) is 1. The minimum Gasteiger partial charge on any atom is -0.345 e. The standard InChI is InChI=1S/C18H13FN4/c1-11-6-15(13-7-14(19)9-21-8-13)17-16(10-22-18(17)23-11)12-2-4-20-5-3-12/h2-10H,1H3,(H,22,23). The molecule has 4 aromatic heterocycles. The molecule has 0 amide bonds. The van der Waals surface area contributed by atoms with E-state index in [2.05, 4.69) is 19.9 Å². The Bertz CT molecular complexity index is 993. The Morgan fingerprint density at radius 1 is 0.957 bits per heavy atom. The number of nitrogens with zero attached hydrogens (tertiary/aromatic N) is 3. The summed E-state index contributed by atoms with van der Waals surface area (Å²) in [6.07, 6.45) is 8.29. The summed E-state index contributed by atoms with van der Waals surface area (Å²) in [5, 5.41) is 0.953. The van der Waals surface area contributed by atoms with Crippen molar-refractivity contribution in [3.63, 3.8) is 0 Å². The quantitative estimate of drug-likeness (QED) is 0.605. The topological polar surface area (TPSA) is 54.5 Å². The fraction of sp³-hybridized carbons (Fsp3) is 0.0556. The minimum absolute atomic E-state index is 0.355. The van der Waals surface area contributed by atoms with Gasteiger partial charge in [-0.3, -0.25) is 9.97 Å². The SMILES string of the molecule is Cc1cc(-c2cncc(F)c2)c2c(-c3ccncc3)c[nH]c2n1. The van der Waals surface area contributed by atoms with Crippen LogP contribution in [-0.4, -0.2) is 19.9 Å². The molecule has 0 fully saturated rings. The molecule has 0 saturated carbocycles. The van der Waals surface area contributed by atoms with E-state index in [4.69, 9.17) is 0 Å². The zero-order chi connectivity index (χ0) is 15.8. The van der Waals surface area contributed by atoms with Gasteiger partial charge >= 0.3 is 0 Å². The van der Waals surface area contributed by atoms with Gasteiger partial charge in [-0.1, -0.05) is 0 Å². The van der Waals surface area contributed by atoms with Crippen molar-refractivity contribution in [1.29, 1.82) is 0 Å². The molecule has 0 saturated heterocycles. The van der Waals surface area contributed by atoms with Crippen molar-refractivity contribution < 1.29 is 4.39 Å². The van der Waals surface area contributed by atoms with E-state index in [0.29, 0.717) is 0 Å². The van der Waals surface area contributed by atoms with Crippen LogP contribution in [0.5, 0.6) is 0 Å². The van der Waals surface area contributed by atoms with Gasteiger partial charge in [-0.2, -0.15) is 0 Å². The van der Waals surface area contributed by atoms with Crippen molar-refractivity contribution >= 4 is 11.0 Å². The lowest BCUT2D eigenvalue weighted by Crippen LogP contribution is -1.90. The molecule has 0 aliphatic rings.